The zero-order valence-electron chi connectivity index (χ0n) is 10.1. The average molecular weight is 330 g/mol. The molecule has 0 bridgehead atoms. The van der Waals surface area contributed by atoms with E-state index in [1.807, 2.05) is 0 Å². The molecule has 1 N–H and O–H groups in total. The van der Waals surface area contributed by atoms with Crippen LogP contribution in [-0.2, 0) is 0 Å². The van der Waals surface area contributed by atoms with Crippen LogP contribution >= 0.6 is 15.9 Å². The molecule has 0 aliphatic heterocycles. The highest BCUT2D eigenvalue weighted by Crippen LogP contribution is 2.26. The maximum absolute atomic E-state index is 13.7. The Balaban J connectivity index is 2.25. The number of halogens is 4. The van der Waals surface area contributed by atoms with Gasteiger partial charge >= 0.3 is 0 Å². The van der Waals surface area contributed by atoms with Gasteiger partial charge in [0.1, 0.15) is 17.5 Å². The molecule has 2 rings (SSSR count). The molecular weight excluding hydrogens is 319 g/mol. The van der Waals surface area contributed by atoms with E-state index in [0.717, 1.165) is 16.6 Å². The number of hydrogen-bond donors (Lipinski definition) is 1. The smallest absolute Gasteiger partial charge is 0.149 e. The van der Waals surface area contributed by atoms with E-state index in [1.165, 1.54) is 12.1 Å². The lowest BCUT2D eigenvalue weighted by Gasteiger charge is -2.17. The van der Waals surface area contributed by atoms with Gasteiger partial charge in [-0.15, -0.1) is 0 Å². The summed E-state index contributed by atoms with van der Waals surface area (Å²) in [4.78, 5) is 0. The largest absolute Gasteiger partial charge is 0.376 e. The van der Waals surface area contributed by atoms with Crippen molar-refractivity contribution in [3.05, 3.63) is 63.9 Å². The minimum atomic E-state index is -0.706. The van der Waals surface area contributed by atoms with E-state index in [-0.39, 0.29) is 11.5 Å². The zero-order chi connectivity index (χ0) is 14.0. The summed E-state index contributed by atoms with van der Waals surface area (Å²) in [7, 11) is 0. The van der Waals surface area contributed by atoms with Gasteiger partial charge in [-0.3, -0.25) is 0 Å². The molecule has 5 heteroatoms. The molecule has 0 aromatic heterocycles. The fraction of sp³-hybridized carbons (Fsp3) is 0.143. The first-order valence-electron chi connectivity index (χ1n) is 5.64. The van der Waals surface area contributed by atoms with E-state index in [4.69, 9.17) is 0 Å². The van der Waals surface area contributed by atoms with Gasteiger partial charge in [0, 0.05) is 16.1 Å². The Kier molecular flexibility index (Phi) is 4.14. The van der Waals surface area contributed by atoms with Crippen LogP contribution in [0.3, 0.4) is 0 Å². The van der Waals surface area contributed by atoms with E-state index in [1.54, 1.807) is 19.1 Å². The molecule has 1 atom stereocenters. The average Bonchev–Trinajstić information content (AvgIpc) is 2.35. The monoisotopic (exact) mass is 329 g/mol. The van der Waals surface area contributed by atoms with Crippen LogP contribution in [-0.4, -0.2) is 0 Å². The summed E-state index contributed by atoms with van der Waals surface area (Å²) < 4.78 is 40.7. The first kappa shape index (κ1) is 13.9. The lowest BCUT2D eigenvalue weighted by atomic mass is 10.1. The van der Waals surface area contributed by atoms with Crippen molar-refractivity contribution in [1.82, 2.24) is 0 Å². The summed E-state index contributed by atoms with van der Waals surface area (Å²) in [5.41, 5.74) is 0.534. The van der Waals surface area contributed by atoms with Gasteiger partial charge in [-0.25, -0.2) is 13.2 Å². The predicted molar refractivity (Wildman–Crippen MR) is 72.5 cm³/mol. The van der Waals surface area contributed by atoms with Gasteiger partial charge in [0.2, 0.25) is 0 Å². The van der Waals surface area contributed by atoms with Gasteiger partial charge in [0.15, 0.2) is 0 Å². The molecule has 0 aliphatic carbocycles. The molecule has 2 aromatic rings. The van der Waals surface area contributed by atoms with Crippen molar-refractivity contribution in [1.29, 1.82) is 0 Å². The Labute approximate surface area is 117 Å². The molecule has 0 saturated carbocycles. The van der Waals surface area contributed by atoms with Crippen LogP contribution in [0.2, 0.25) is 0 Å². The van der Waals surface area contributed by atoms with E-state index in [2.05, 4.69) is 21.2 Å². The normalized spacial score (nSPS) is 12.3. The molecule has 2 aromatic carbocycles. The summed E-state index contributed by atoms with van der Waals surface area (Å²) in [5, 5.41) is 2.82. The molecule has 1 nitrogen and oxygen atoms in total. The Hall–Kier alpha value is -1.49. The van der Waals surface area contributed by atoms with Crippen molar-refractivity contribution in [3.63, 3.8) is 0 Å². The second-order valence-corrected chi connectivity index (χ2v) is 5.07. The summed E-state index contributed by atoms with van der Waals surface area (Å²) in [6.07, 6.45) is 0. The van der Waals surface area contributed by atoms with Crippen molar-refractivity contribution in [2.75, 3.05) is 5.32 Å². The first-order chi connectivity index (χ1) is 8.97. The zero-order valence-corrected chi connectivity index (χ0v) is 11.6. The lowest BCUT2D eigenvalue weighted by molar-refractivity contribution is 0.580. The summed E-state index contributed by atoms with van der Waals surface area (Å²) in [6.45, 7) is 1.70. The maximum atomic E-state index is 13.7. The number of rotatable bonds is 3. The van der Waals surface area contributed by atoms with Crippen LogP contribution in [0.4, 0.5) is 18.9 Å². The number of anilines is 1. The SMILES string of the molecule is CC(Nc1ccc(F)cc1F)c1cc(Br)ccc1F. The Morgan fingerprint density at radius 1 is 1.00 bits per heavy atom. The van der Waals surface area contributed by atoms with Crippen LogP contribution in [0.1, 0.15) is 18.5 Å². The predicted octanol–water partition coefficient (Wildman–Crippen LogP) is 5.04. The third kappa shape index (κ3) is 3.29. The third-order valence-corrected chi connectivity index (χ3v) is 3.22. The highest BCUT2D eigenvalue weighted by Gasteiger charge is 2.13. The minimum Gasteiger partial charge on any atom is -0.376 e. The Morgan fingerprint density at radius 3 is 2.42 bits per heavy atom. The molecular formula is C14H11BrF3N. The fourth-order valence-corrected chi connectivity index (χ4v) is 2.14. The molecule has 0 amide bonds. The Bertz CT molecular complexity index is 601. The molecule has 1 unspecified atom stereocenters. The number of nitrogens with one attached hydrogen (secondary N) is 1. The highest BCUT2D eigenvalue weighted by molar-refractivity contribution is 9.10. The van der Waals surface area contributed by atoms with E-state index in [9.17, 15) is 13.2 Å². The highest BCUT2D eigenvalue weighted by atomic mass is 79.9. The van der Waals surface area contributed by atoms with Crippen molar-refractivity contribution in [3.8, 4) is 0 Å². The second kappa shape index (κ2) is 5.65. The van der Waals surface area contributed by atoms with Crippen LogP contribution in [0.5, 0.6) is 0 Å². The van der Waals surface area contributed by atoms with Crippen molar-refractivity contribution in [2.45, 2.75) is 13.0 Å². The van der Waals surface area contributed by atoms with Crippen LogP contribution in [0.15, 0.2) is 40.9 Å². The van der Waals surface area contributed by atoms with Crippen molar-refractivity contribution in [2.24, 2.45) is 0 Å². The molecule has 100 valence electrons. The van der Waals surface area contributed by atoms with Gasteiger partial charge in [-0.05, 0) is 37.3 Å². The van der Waals surface area contributed by atoms with Gasteiger partial charge in [0.05, 0.1) is 11.7 Å². The molecule has 0 radical (unpaired) electrons. The van der Waals surface area contributed by atoms with Crippen LogP contribution in [0, 0.1) is 17.5 Å². The Morgan fingerprint density at radius 2 is 1.74 bits per heavy atom. The quantitative estimate of drug-likeness (QED) is 0.831. The number of hydrogen-bond acceptors (Lipinski definition) is 1. The molecule has 0 heterocycles. The summed E-state index contributed by atoms with van der Waals surface area (Å²) in [5.74, 6) is -1.74. The van der Waals surface area contributed by atoms with Crippen LogP contribution < -0.4 is 5.32 Å². The maximum Gasteiger partial charge on any atom is 0.149 e. The molecule has 0 saturated heterocycles. The first-order valence-corrected chi connectivity index (χ1v) is 6.43. The summed E-state index contributed by atoms with van der Waals surface area (Å²) in [6, 6.07) is 7.31. The second-order valence-electron chi connectivity index (χ2n) is 4.16. The fourth-order valence-electron chi connectivity index (χ4n) is 1.76. The lowest BCUT2D eigenvalue weighted by Crippen LogP contribution is -2.10. The van der Waals surface area contributed by atoms with Crippen molar-refractivity contribution >= 4 is 21.6 Å². The van der Waals surface area contributed by atoms with Gasteiger partial charge < -0.3 is 5.32 Å². The molecule has 0 spiro atoms. The van der Waals surface area contributed by atoms with Gasteiger partial charge in [-0.2, -0.15) is 0 Å². The van der Waals surface area contributed by atoms with Crippen LogP contribution in [0.25, 0.3) is 0 Å². The standard InChI is InChI=1S/C14H11BrF3N/c1-8(11-6-9(15)2-4-12(11)17)19-14-5-3-10(16)7-13(14)18/h2-8,19H,1H3. The van der Waals surface area contributed by atoms with E-state index < -0.39 is 17.7 Å². The molecule has 0 fully saturated rings. The number of benzene rings is 2. The van der Waals surface area contributed by atoms with Crippen molar-refractivity contribution < 1.29 is 13.2 Å². The van der Waals surface area contributed by atoms with E-state index in [0.29, 0.717) is 5.56 Å². The van der Waals surface area contributed by atoms with Gasteiger partial charge in [0.25, 0.3) is 0 Å². The summed E-state index contributed by atoms with van der Waals surface area (Å²) >= 11 is 3.26. The third-order valence-electron chi connectivity index (χ3n) is 2.73. The molecule has 19 heavy (non-hydrogen) atoms. The van der Waals surface area contributed by atoms with E-state index >= 15 is 0 Å². The molecule has 0 aliphatic rings. The van der Waals surface area contributed by atoms with Gasteiger partial charge in [-0.1, -0.05) is 15.9 Å². The topological polar surface area (TPSA) is 12.0 Å². The minimum absolute atomic E-state index is 0.133.